The summed E-state index contributed by atoms with van der Waals surface area (Å²) in [7, 11) is 1.32. The third-order valence-corrected chi connectivity index (χ3v) is 6.23. The molecule has 190 valence electrons. The number of amides is 2. The van der Waals surface area contributed by atoms with Crippen LogP contribution in [0.4, 0.5) is 4.79 Å². The van der Waals surface area contributed by atoms with Gasteiger partial charge in [0.2, 0.25) is 0 Å². The van der Waals surface area contributed by atoms with Gasteiger partial charge >= 0.3 is 6.09 Å². The Labute approximate surface area is 206 Å². The van der Waals surface area contributed by atoms with Crippen LogP contribution in [-0.4, -0.2) is 60.3 Å². The van der Waals surface area contributed by atoms with Crippen molar-refractivity contribution in [2.24, 2.45) is 0 Å². The lowest BCUT2D eigenvalue weighted by Crippen LogP contribution is -2.51. The molecule has 1 saturated heterocycles. The molecule has 0 unspecified atom stereocenters. The van der Waals surface area contributed by atoms with Crippen LogP contribution in [-0.2, 0) is 23.8 Å². The highest BCUT2D eigenvalue weighted by Gasteiger charge is 2.46. The van der Waals surface area contributed by atoms with E-state index in [0.717, 1.165) is 61.8 Å². The smallest absolute Gasteiger partial charge is 0.417 e. The molecular formula is C27H35NO7. The molecule has 1 aromatic rings. The molecule has 0 aromatic heterocycles. The van der Waals surface area contributed by atoms with E-state index in [2.05, 4.69) is 0 Å². The number of hydrogen-bond donors (Lipinski definition) is 1. The van der Waals surface area contributed by atoms with Crippen molar-refractivity contribution in [3.8, 4) is 0 Å². The lowest BCUT2D eigenvalue weighted by Gasteiger charge is -2.30. The first-order chi connectivity index (χ1) is 17.1. The minimum atomic E-state index is -1.29. The fourth-order valence-corrected chi connectivity index (χ4v) is 4.29. The largest absolute Gasteiger partial charge is 0.479 e. The predicted molar refractivity (Wildman–Crippen MR) is 129 cm³/mol. The topological polar surface area (TPSA) is 102 Å². The number of carbonyl (C=O) groups excluding carboxylic acids is 3. The van der Waals surface area contributed by atoms with Crippen LogP contribution in [0.2, 0.25) is 0 Å². The zero-order chi connectivity index (χ0) is 25.0. The number of carbonyl (C=O) groups is 3. The van der Waals surface area contributed by atoms with Crippen molar-refractivity contribution in [2.45, 2.75) is 69.6 Å². The van der Waals surface area contributed by atoms with Gasteiger partial charge in [0, 0.05) is 13.7 Å². The van der Waals surface area contributed by atoms with Gasteiger partial charge in [0.25, 0.3) is 5.91 Å². The van der Waals surface area contributed by atoms with Gasteiger partial charge in [-0.3, -0.25) is 9.59 Å². The van der Waals surface area contributed by atoms with Crippen LogP contribution < -0.4 is 0 Å². The standard InChI is InChI=1S/C27H35NO7/c1-33-25(26(31)28-22(19-34-27(28)32)20-13-9-8-10-14-20)24-23(30)17-16-21(35-24)15-11-6-4-2-3-5-7-12-18-29/h8-10,13-17,22,24-25,29H,2-7,11-12,18-19H2,1H3/t22-,24+,25+/m1/s1. The van der Waals surface area contributed by atoms with Crippen LogP contribution in [0.3, 0.4) is 0 Å². The van der Waals surface area contributed by atoms with E-state index >= 15 is 0 Å². The Hall–Kier alpha value is -2.97. The Morgan fingerprint density at radius 1 is 1.09 bits per heavy atom. The maximum absolute atomic E-state index is 13.4. The molecule has 0 bridgehead atoms. The molecule has 8 heteroatoms. The van der Waals surface area contributed by atoms with Crippen molar-refractivity contribution in [3.63, 3.8) is 0 Å². The average molecular weight is 486 g/mol. The molecular weight excluding hydrogens is 450 g/mol. The van der Waals surface area contributed by atoms with Gasteiger partial charge in [0.1, 0.15) is 18.4 Å². The highest BCUT2D eigenvalue weighted by Crippen LogP contribution is 2.30. The summed E-state index contributed by atoms with van der Waals surface area (Å²) in [5, 5.41) is 8.81. The van der Waals surface area contributed by atoms with E-state index in [1.807, 2.05) is 36.4 Å². The van der Waals surface area contributed by atoms with Crippen LogP contribution >= 0.6 is 0 Å². The molecule has 2 aliphatic rings. The fraction of sp³-hybridized carbons (Fsp3) is 0.519. The molecule has 0 spiro atoms. The first-order valence-corrected chi connectivity index (χ1v) is 12.3. The number of ketones is 1. The van der Waals surface area contributed by atoms with Gasteiger partial charge in [0.05, 0.1) is 0 Å². The van der Waals surface area contributed by atoms with Gasteiger partial charge < -0.3 is 19.3 Å². The first-order valence-electron chi connectivity index (χ1n) is 12.3. The molecule has 3 rings (SSSR count). The van der Waals surface area contributed by atoms with E-state index < -0.39 is 36.0 Å². The number of hydrogen-bond acceptors (Lipinski definition) is 7. The molecule has 1 fully saturated rings. The molecule has 2 amide bonds. The lowest BCUT2D eigenvalue weighted by molar-refractivity contribution is -0.153. The summed E-state index contributed by atoms with van der Waals surface area (Å²) in [6.07, 6.45) is 9.90. The van der Waals surface area contributed by atoms with Crippen molar-refractivity contribution >= 4 is 17.8 Å². The molecule has 1 aromatic carbocycles. The second kappa shape index (κ2) is 13.8. The van der Waals surface area contributed by atoms with Crippen LogP contribution in [0.15, 0.2) is 54.3 Å². The molecule has 1 N–H and O–H groups in total. The maximum atomic E-state index is 13.4. The van der Waals surface area contributed by atoms with Crippen molar-refractivity contribution in [1.82, 2.24) is 4.90 Å². The number of ether oxygens (including phenoxy) is 3. The summed E-state index contributed by atoms with van der Waals surface area (Å²) in [4.78, 5) is 39.4. The number of nitrogens with zero attached hydrogens (tertiary/aromatic N) is 1. The Balaban J connectivity index is 1.58. The highest BCUT2D eigenvalue weighted by molar-refractivity contribution is 6.03. The first kappa shape index (κ1) is 26.6. The number of benzene rings is 1. The molecule has 0 aliphatic carbocycles. The van der Waals surface area contributed by atoms with Crippen LogP contribution in [0.1, 0.15) is 63.0 Å². The highest BCUT2D eigenvalue weighted by atomic mass is 16.6. The van der Waals surface area contributed by atoms with Gasteiger partial charge in [-0.2, -0.15) is 0 Å². The summed E-state index contributed by atoms with van der Waals surface area (Å²) in [5.74, 6) is -0.553. The van der Waals surface area contributed by atoms with E-state index in [1.54, 1.807) is 6.08 Å². The number of methoxy groups -OCH3 is 1. The molecule has 0 radical (unpaired) electrons. The SMILES string of the molecule is CO[C@H](C(=O)N1C(=O)OC[C@@H]1c1ccccc1)[C@H]1OC(=CCCCCCCCCCO)C=CC1=O. The van der Waals surface area contributed by atoms with Gasteiger partial charge in [-0.05, 0) is 43.1 Å². The number of unbranched alkanes of at least 4 members (excludes halogenated alkanes) is 7. The molecule has 8 nitrogen and oxygen atoms in total. The Morgan fingerprint density at radius 3 is 2.46 bits per heavy atom. The predicted octanol–water partition coefficient (Wildman–Crippen LogP) is 4.24. The average Bonchev–Trinajstić information content (AvgIpc) is 3.26. The normalized spacial score (nSPS) is 21.8. The van der Waals surface area contributed by atoms with Crippen LogP contribution in [0.25, 0.3) is 0 Å². The summed E-state index contributed by atoms with van der Waals surface area (Å²) < 4.78 is 16.4. The number of imide groups is 1. The van der Waals surface area contributed by atoms with E-state index in [9.17, 15) is 14.4 Å². The zero-order valence-electron chi connectivity index (χ0n) is 20.3. The van der Waals surface area contributed by atoms with E-state index in [-0.39, 0.29) is 13.2 Å². The third kappa shape index (κ3) is 7.26. The second-order valence-corrected chi connectivity index (χ2v) is 8.74. The Bertz CT molecular complexity index is 911. The van der Waals surface area contributed by atoms with Crippen molar-refractivity contribution in [3.05, 3.63) is 59.9 Å². The molecule has 0 saturated carbocycles. The van der Waals surface area contributed by atoms with Crippen LogP contribution in [0, 0.1) is 0 Å². The van der Waals surface area contributed by atoms with Gasteiger partial charge in [-0.25, -0.2) is 9.69 Å². The molecule has 3 atom stereocenters. The van der Waals surface area contributed by atoms with Crippen molar-refractivity contribution in [1.29, 1.82) is 0 Å². The number of cyclic esters (lactones) is 1. The van der Waals surface area contributed by atoms with E-state index in [1.165, 1.54) is 13.2 Å². The van der Waals surface area contributed by atoms with E-state index in [0.29, 0.717) is 5.76 Å². The van der Waals surface area contributed by atoms with Crippen LogP contribution in [0.5, 0.6) is 0 Å². The monoisotopic (exact) mass is 485 g/mol. The molecule has 35 heavy (non-hydrogen) atoms. The second-order valence-electron chi connectivity index (χ2n) is 8.74. The lowest BCUT2D eigenvalue weighted by atomic mass is 10.0. The third-order valence-electron chi connectivity index (χ3n) is 6.23. The number of rotatable bonds is 13. The quantitative estimate of drug-likeness (QED) is 0.417. The fourth-order valence-electron chi connectivity index (χ4n) is 4.29. The van der Waals surface area contributed by atoms with Gasteiger partial charge in [-0.1, -0.05) is 62.4 Å². The van der Waals surface area contributed by atoms with Gasteiger partial charge in [-0.15, -0.1) is 0 Å². The van der Waals surface area contributed by atoms with E-state index in [4.69, 9.17) is 19.3 Å². The molecule has 2 aliphatic heterocycles. The summed E-state index contributed by atoms with van der Waals surface area (Å²) in [6.45, 7) is 0.298. The summed E-state index contributed by atoms with van der Waals surface area (Å²) >= 11 is 0. The summed E-state index contributed by atoms with van der Waals surface area (Å²) in [6, 6.07) is 8.52. The zero-order valence-corrected chi connectivity index (χ0v) is 20.3. The Morgan fingerprint density at radius 2 is 1.77 bits per heavy atom. The summed E-state index contributed by atoms with van der Waals surface area (Å²) in [5.41, 5.74) is 0.756. The molecule has 2 heterocycles. The minimum absolute atomic E-state index is 0.0387. The van der Waals surface area contributed by atoms with Gasteiger partial charge in [0.15, 0.2) is 18.0 Å². The number of allylic oxidation sites excluding steroid dienone is 2. The van der Waals surface area contributed by atoms with Crippen molar-refractivity contribution < 1.29 is 33.7 Å². The Kier molecular flexibility index (Phi) is 10.5. The number of aliphatic hydroxyl groups is 1. The van der Waals surface area contributed by atoms with Crippen molar-refractivity contribution in [2.75, 3.05) is 20.3 Å². The minimum Gasteiger partial charge on any atom is -0.479 e. The number of aliphatic hydroxyl groups excluding tert-OH is 1. The maximum Gasteiger partial charge on any atom is 0.417 e.